The van der Waals surface area contributed by atoms with Crippen molar-refractivity contribution < 1.29 is 9.59 Å². The van der Waals surface area contributed by atoms with E-state index < -0.39 is 0 Å². The molecule has 4 heterocycles. The van der Waals surface area contributed by atoms with Crippen LogP contribution >= 0.6 is 11.6 Å². The zero-order chi connectivity index (χ0) is 21.5. The van der Waals surface area contributed by atoms with E-state index in [0.717, 1.165) is 18.7 Å². The lowest BCUT2D eigenvalue weighted by Gasteiger charge is -2.41. The van der Waals surface area contributed by atoms with Crippen LogP contribution in [0.5, 0.6) is 0 Å². The minimum atomic E-state index is -0.111. The average Bonchev–Trinajstić information content (AvgIpc) is 3.52. The number of aromatic nitrogens is 3. The minimum absolute atomic E-state index is 0.107. The molecule has 31 heavy (non-hydrogen) atoms. The average molecular weight is 438 g/mol. The van der Waals surface area contributed by atoms with E-state index in [4.69, 9.17) is 16.9 Å². The highest BCUT2D eigenvalue weighted by Crippen LogP contribution is 2.43. The second-order valence-electron chi connectivity index (χ2n) is 8.19. The Morgan fingerprint density at radius 2 is 2.06 bits per heavy atom. The summed E-state index contributed by atoms with van der Waals surface area (Å²) in [6, 6.07) is 5.98. The first-order valence-electron chi connectivity index (χ1n) is 10.2. The number of anilines is 3. The fourth-order valence-electron chi connectivity index (χ4n) is 4.57. The monoisotopic (exact) mass is 437 g/mol. The number of aldehydes is 1. The van der Waals surface area contributed by atoms with Crippen molar-refractivity contribution in [1.82, 2.24) is 19.9 Å². The molecule has 2 saturated heterocycles. The summed E-state index contributed by atoms with van der Waals surface area (Å²) in [7, 11) is 0. The number of nitrogens with zero attached hydrogens (tertiary/aromatic N) is 6. The molecule has 5 rings (SSSR count). The molecule has 1 aliphatic carbocycles. The predicted molar refractivity (Wildman–Crippen MR) is 113 cm³/mol. The molecule has 0 aromatic carbocycles. The maximum atomic E-state index is 12.8. The minimum Gasteiger partial charge on any atom is -0.352 e. The van der Waals surface area contributed by atoms with E-state index >= 15 is 0 Å². The van der Waals surface area contributed by atoms with Gasteiger partial charge in [-0.05, 0) is 31.4 Å². The van der Waals surface area contributed by atoms with Gasteiger partial charge in [-0.3, -0.25) is 9.59 Å². The van der Waals surface area contributed by atoms with Gasteiger partial charge in [0.15, 0.2) is 6.29 Å². The maximum absolute atomic E-state index is 12.8. The number of halogens is 1. The molecule has 2 bridgehead atoms. The van der Waals surface area contributed by atoms with Crippen LogP contribution in [0.2, 0.25) is 5.02 Å². The lowest BCUT2D eigenvalue weighted by Crippen LogP contribution is -2.56. The van der Waals surface area contributed by atoms with Crippen LogP contribution in [-0.4, -0.2) is 57.2 Å². The molecular weight excluding hydrogens is 418 g/mol. The molecule has 2 aromatic heterocycles. The Morgan fingerprint density at radius 3 is 2.71 bits per heavy atom. The summed E-state index contributed by atoms with van der Waals surface area (Å²) in [5, 5.41) is 12.4. The molecule has 3 fully saturated rings. The van der Waals surface area contributed by atoms with Crippen molar-refractivity contribution in [3.63, 3.8) is 0 Å². The smallest absolute Gasteiger partial charge is 0.229 e. The zero-order valence-corrected chi connectivity index (χ0v) is 17.4. The van der Waals surface area contributed by atoms with Crippen LogP contribution in [0.4, 0.5) is 17.5 Å². The molecule has 4 atom stereocenters. The molecule has 1 saturated carbocycles. The highest BCUT2D eigenvalue weighted by molar-refractivity contribution is 6.32. The van der Waals surface area contributed by atoms with Crippen molar-refractivity contribution >= 4 is 41.2 Å². The number of amides is 1. The lowest BCUT2D eigenvalue weighted by atomic mass is 10.1. The van der Waals surface area contributed by atoms with Gasteiger partial charge in [-0.25, -0.2) is 9.97 Å². The number of rotatable bonds is 5. The van der Waals surface area contributed by atoms with Gasteiger partial charge in [0.2, 0.25) is 11.9 Å². The van der Waals surface area contributed by atoms with Gasteiger partial charge in [-0.15, -0.1) is 0 Å². The van der Waals surface area contributed by atoms with E-state index in [2.05, 4.69) is 31.2 Å². The molecule has 1 N–H and O–H groups in total. The van der Waals surface area contributed by atoms with Crippen LogP contribution in [0, 0.1) is 23.2 Å². The van der Waals surface area contributed by atoms with E-state index in [1.807, 2.05) is 11.0 Å². The van der Waals surface area contributed by atoms with Crippen LogP contribution in [0.1, 0.15) is 29.8 Å². The van der Waals surface area contributed by atoms with E-state index in [0.29, 0.717) is 37.4 Å². The lowest BCUT2D eigenvalue weighted by molar-refractivity contribution is -0.136. The number of pyridine rings is 1. The molecule has 2 aliphatic heterocycles. The third-order valence-electron chi connectivity index (χ3n) is 6.21. The Bertz CT molecular complexity index is 1070. The summed E-state index contributed by atoms with van der Waals surface area (Å²) >= 11 is 6.04. The van der Waals surface area contributed by atoms with Gasteiger partial charge in [-0.2, -0.15) is 10.2 Å². The van der Waals surface area contributed by atoms with Gasteiger partial charge in [-0.1, -0.05) is 11.6 Å². The molecule has 3 aliphatic rings. The highest BCUT2D eigenvalue weighted by Gasteiger charge is 2.51. The first kappa shape index (κ1) is 19.7. The second-order valence-corrected chi connectivity index (χ2v) is 8.59. The van der Waals surface area contributed by atoms with Crippen molar-refractivity contribution in [2.24, 2.45) is 11.8 Å². The van der Waals surface area contributed by atoms with Gasteiger partial charge in [0.25, 0.3) is 0 Å². The topological polar surface area (TPSA) is 115 Å². The normalized spacial score (nSPS) is 26.3. The summed E-state index contributed by atoms with van der Waals surface area (Å²) in [6.45, 7) is 1.42. The molecular formula is C21H20ClN7O2. The Balaban J connectivity index is 1.29. The molecule has 1 unspecified atom stereocenters. The van der Waals surface area contributed by atoms with Crippen molar-refractivity contribution in [3.8, 4) is 6.07 Å². The zero-order valence-electron chi connectivity index (χ0n) is 16.6. The van der Waals surface area contributed by atoms with Gasteiger partial charge in [0.1, 0.15) is 11.5 Å². The van der Waals surface area contributed by atoms with Crippen molar-refractivity contribution in [1.29, 1.82) is 5.26 Å². The fraction of sp³-hybridized carbons (Fsp3) is 0.429. The number of nitriles is 1. The number of hydrogen-bond donors (Lipinski definition) is 1. The number of fused-ring (bicyclic) bond motifs is 2. The van der Waals surface area contributed by atoms with Gasteiger partial charge in [0.05, 0.1) is 34.8 Å². The largest absolute Gasteiger partial charge is 0.352 e. The molecule has 9 nitrogen and oxygen atoms in total. The maximum Gasteiger partial charge on any atom is 0.229 e. The predicted octanol–water partition coefficient (Wildman–Crippen LogP) is 2.42. The summed E-state index contributed by atoms with van der Waals surface area (Å²) in [5.41, 5.74) is 0.761. The molecule has 0 radical (unpaired) electrons. The van der Waals surface area contributed by atoms with E-state index in [-0.39, 0.29) is 40.5 Å². The van der Waals surface area contributed by atoms with E-state index in [9.17, 15) is 9.59 Å². The Hall–Kier alpha value is -3.25. The first-order chi connectivity index (χ1) is 15.1. The third-order valence-corrected chi connectivity index (χ3v) is 6.52. The van der Waals surface area contributed by atoms with Crippen LogP contribution in [-0.2, 0) is 4.79 Å². The van der Waals surface area contributed by atoms with Gasteiger partial charge in [0, 0.05) is 31.4 Å². The number of carbonyl (C=O) groups excluding carboxylic acids is 2. The Labute approximate surface area is 184 Å². The highest BCUT2D eigenvalue weighted by atomic mass is 35.5. The van der Waals surface area contributed by atoms with Gasteiger partial charge < -0.3 is 15.1 Å². The van der Waals surface area contributed by atoms with E-state index in [1.54, 1.807) is 12.3 Å². The molecule has 158 valence electrons. The van der Waals surface area contributed by atoms with Crippen molar-refractivity contribution in [2.45, 2.75) is 31.3 Å². The van der Waals surface area contributed by atoms with Crippen molar-refractivity contribution in [3.05, 3.63) is 35.2 Å². The summed E-state index contributed by atoms with van der Waals surface area (Å²) in [5.74, 6) is 1.11. The van der Waals surface area contributed by atoms with Gasteiger partial charge >= 0.3 is 0 Å². The number of carbonyl (C=O) groups is 2. The van der Waals surface area contributed by atoms with Crippen LogP contribution in [0.15, 0.2) is 24.5 Å². The molecule has 1 amide bonds. The number of nitrogens with one attached hydrogen (secondary N) is 1. The summed E-state index contributed by atoms with van der Waals surface area (Å²) in [4.78, 5) is 40.8. The van der Waals surface area contributed by atoms with Crippen LogP contribution in [0.3, 0.4) is 0 Å². The number of piperazine rings is 1. The summed E-state index contributed by atoms with van der Waals surface area (Å²) in [6.07, 6.45) is 6.43. The Morgan fingerprint density at radius 1 is 1.29 bits per heavy atom. The van der Waals surface area contributed by atoms with Crippen LogP contribution in [0.25, 0.3) is 0 Å². The van der Waals surface area contributed by atoms with E-state index in [1.165, 1.54) is 6.20 Å². The fourth-order valence-corrected chi connectivity index (χ4v) is 4.78. The summed E-state index contributed by atoms with van der Waals surface area (Å²) < 4.78 is 0. The molecule has 2 aromatic rings. The third kappa shape index (κ3) is 3.68. The SMILES string of the molecule is N#C[C@@H]1C[C@H]1C(=O)N1C2CC[C@H]1CN(c1ccnc(Nc3cnc(C=O)c(Cl)c3)n1)C2. The second kappa shape index (κ2) is 7.78. The number of hydrogen-bond acceptors (Lipinski definition) is 8. The Kier molecular flexibility index (Phi) is 4.94. The van der Waals surface area contributed by atoms with Crippen molar-refractivity contribution in [2.75, 3.05) is 23.3 Å². The quantitative estimate of drug-likeness (QED) is 0.709. The molecule has 0 spiro atoms. The van der Waals surface area contributed by atoms with Crippen LogP contribution < -0.4 is 10.2 Å². The standard InChI is InChI=1S/C21H20ClN7O2/c22-17-6-13(8-25-18(17)11-30)26-21-24-4-3-19(27-21)28-9-14-1-2-15(10-28)29(14)20(31)16-5-12(16)7-23/h3-4,6,8,11-12,14-16H,1-2,5,9-10H2,(H,24,26,27)/t12-,14-,15?,16+/m0/s1. The first-order valence-corrected chi connectivity index (χ1v) is 10.6. The molecule has 10 heteroatoms.